The van der Waals surface area contributed by atoms with Gasteiger partial charge >= 0.3 is 0 Å². The van der Waals surface area contributed by atoms with Crippen LogP contribution in [0, 0.1) is 0 Å². The Labute approximate surface area is 156 Å². The molecule has 4 rings (SSSR count). The number of methoxy groups -OCH3 is 1. The summed E-state index contributed by atoms with van der Waals surface area (Å²) >= 11 is 0. The van der Waals surface area contributed by atoms with Crippen LogP contribution in [0.4, 0.5) is 5.95 Å². The number of hydrogen-bond donors (Lipinski definition) is 1. The minimum atomic E-state index is 0.531. The predicted octanol–water partition coefficient (Wildman–Crippen LogP) is 2.68. The van der Waals surface area contributed by atoms with Crippen LogP contribution in [0.15, 0.2) is 61.2 Å². The number of aromatic nitrogens is 6. The average molecular weight is 361 g/mol. The highest BCUT2D eigenvalue weighted by atomic mass is 16.5. The number of ether oxygens (including phenoxy) is 1. The second kappa shape index (κ2) is 7.28. The van der Waals surface area contributed by atoms with Crippen LogP contribution in [0.3, 0.4) is 0 Å². The fraction of sp³-hybridized carbons (Fsp3) is 0.158. The van der Waals surface area contributed by atoms with Crippen molar-refractivity contribution in [2.45, 2.75) is 6.54 Å². The quantitative estimate of drug-likeness (QED) is 0.568. The molecule has 0 atom stereocenters. The minimum absolute atomic E-state index is 0.531. The van der Waals surface area contributed by atoms with E-state index >= 15 is 0 Å². The molecule has 0 aliphatic rings. The molecule has 3 heterocycles. The van der Waals surface area contributed by atoms with Crippen molar-refractivity contribution >= 4 is 5.95 Å². The van der Waals surface area contributed by atoms with Crippen LogP contribution in [-0.2, 0) is 13.6 Å². The van der Waals surface area contributed by atoms with Gasteiger partial charge in [-0.2, -0.15) is 10.2 Å². The van der Waals surface area contributed by atoms with E-state index in [-0.39, 0.29) is 0 Å². The molecule has 27 heavy (non-hydrogen) atoms. The van der Waals surface area contributed by atoms with E-state index in [1.165, 1.54) is 0 Å². The van der Waals surface area contributed by atoms with Gasteiger partial charge in [0.05, 0.1) is 24.7 Å². The third-order valence-corrected chi connectivity index (χ3v) is 4.19. The molecule has 0 unspecified atom stereocenters. The van der Waals surface area contributed by atoms with Crippen molar-refractivity contribution in [1.82, 2.24) is 29.5 Å². The fourth-order valence-corrected chi connectivity index (χ4v) is 2.76. The summed E-state index contributed by atoms with van der Waals surface area (Å²) < 4.78 is 8.96. The Morgan fingerprint density at radius 3 is 2.59 bits per heavy atom. The van der Waals surface area contributed by atoms with Crippen LogP contribution in [0.1, 0.15) is 5.56 Å². The Morgan fingerprint density at radius 1 is 1.07 bits per heavy atom. The molecule has 8 nitrogen and oxygen atoms in total. The van der Waals surface area contributed by atoms with Gasteiger partial charge in [0.15, 0.2) is 5.75 Å². The molecule has 0 bridgehead atoms. The molecule has 0 aliphatic heterocycles. The zero-order chi connectivity index (χ0) is 18.6. The second-order valence-electron chi connectivity index (χ2n) is 5.92. The first-order chi connectivity index (χ1) is 13.2. The third-order valence-electron chi connectivity index (χ3n) is 4.19. The zero-order valence-electron chi connectivity index (χ0n) is 15.1. The van der Waals surface area contributed by atoms with Crippen molar-refractivity contribution in [3.8, 4) is 22.8 Å². The molecule has 0 fully saturated rings. The summed E-state index contributed by atoms with van der Waals surface area (Å²) in [5.74, 6) is 1.14. The highest BCUT2D eigenvalue weighted by Gasteiger charge is 2.13. The normalized spacial score (nSPS) is 10.7. The average Bonchev–Trinajstić information content (AvgIpc) is 3.38. The molecule has 0 aliphatic carbocycles. The molecule has 0 spiro atoms. The molecule has 1 N–H and O–H groups in total. The first kappa shape index (κ1) is 16.8. The van der Waals surface area contributed by atoms with Crippen LogP contribution < -0.4 is 10.1 Å². The summed E-state index contributed by atoms with van der Waals surface area (Å²) in [6.07, 6.45) is 7.07. The van der Waals surface area contributed by atoms with E-state index in [1.807, 2.05) is 42.2 Å². The number of anilines is 1. The molecule has 1 aromatic carbocycles. The van der Waals surface area contributed by atoms with Crippen LogP contribution >= 0.6 is 0 Å². The van der Waals surface area contributed by atoms with E-state index in [0.29, 0.717) is 23.9 Å². The number of hydrogen-bond acceptors (Lipinski definition) is 6. The third kappa shape index (κ3) is 3.50. The first-order valence-corrected chi connectivity index (χ1v) is 8.47. The number of nitrogens with zero attached hydrogens (tertiary/aromatic N) is 6. The maximum Gasteiger partial charge on any atom is 0.223 e. The maximum absolute atomic E-state index is 5.39. The summed E-state index contributed by atoms with van der Waals surface area (Å²) in [4.78, 5) is 8.93. The van der Waals surface area contributed by atoms with Gasteiger partial charge in [-0.05, 0) is 29.8 Å². The van der Waals surface area contributed by atoms with Crippen LogP contribution in [0.5, 0.6) is 5.75 Å². The molecule has 0 saturated carbocycles. The van der Waals surface area contributed by atoms with Gasteiger partial charge in [0.1, 0.15) is 5.69 Å². The zero-order valence-corrected chi connectivity index (χ0v) is 15.1. The van der Waals surface area contributed by atoms with Gasteiger partial charge in [0.25, 0.3) is 0 Å². The van der Waals surface area contributed by atoms with Gasteiger partial charge < -0.3 is 10.1 Å². The molecule has 136 valence electrons. The van der Waals surface area contributed by atoms with Gasteiger partial charge in [-0.3, -0.25) is 4.68 Å². The molecule has 0 saturated heterocycles. The Kier molecular flexibility index (Phi) is 4.52. The van der Waals surface area contributed by atoms with Crippen molar-refractivity contribution in [3.63, 3.8) is 0 Å². The number of nitrogens with one attached hydrogen (secondary N) is 1. The maximum atomic E-state index is 5.39. The standard InChI is InChI=1S/C19H19N7O/c1-25-16(8-10-22-25)18-17(27-2)13-21-19(24-18)20-12-14-4-6-15(7-5-14)26-11-3-9-23-26/h3-11,13H,12H2,1-2H3,(H,20,21,24). The topological polar surface area (TPSA) is 82.7 Å². The molecule has 4 aromatic rings. The first-order valence-electron chi connectivity index (χ1n) is 8.47. The Hall–Kier alpha value is -3.68. The van der Waals surface area contributed by atoms with Crippen LogP contribution in [0.25, 0.3) is 17.1 Å². The minimum Gasteiger partial charge on any atom is -0.493 e. The van der Waals surface area contributed by atoms with Crippen LogP contribution in [-0.4, -0.2) is 36.6 Å². The number of benzene rings is 1. The molecular weight excluding hydrogens is 342 g/mol. The lowest BCUT2D eigenvalue weighted by molar-refractivity contribution is 0.412. The Balaban J connectivity index is 1.51. The summed E-state index contributed by atoms with van der Waals surface area (Å²) in [6.45, 7) is 0.608. The largest absolute Gasteiger partial charge is 0.493 e. The van der Waals surface area contributed by atoms with E-state index in [4.69, 9.17) is 4.74 Å². The molecule has 8 heteroatoms. The lowest BCUT2D eigenvalue weighted by atomic mass is 10.2. The van der Waals surface area contributed by atoms with Crippen molar-refractivity contribution in [1.29, 1.82) is 0 Å². The highest BCUT2D eigenvalue weighted by Crippen LogP contribution is 2.27. The van der Waals surface area contributed by atoms with E-state index in [0.717, 1.165) is 16.9 Å². The van der Waals surface area contributed by atoms with E-state index < -0.39 is 0 Å². The summed E-state index contributed by atoms with van der Waals surface area (Å²) in [5, 5.41) is 11.7. The van der Waals surface area contributed by atoms with Crippen molar-refractivity contribution in [3.05, 3.63) is 66.7 Å². The van der Waals surface area contributed by atoms with Gasteiger partial charge in [-0.15, -0.1) is 0 Å². The lowest BCUT2D eigenvalue weighted by Crippen LogP contribution is -2.06. The van der Waals surface area contributed by atoms with Gasteiger partial charge in [-0.25, -0.2) is 14.6 Å². The monoisotopic (exact) mass is 361 g/mol. The van der Waals surface area contributed by atoms with Crippen molar-refractivity contribution in [2.24, 2.45) is 7.05 Å². The fourth-order valence-electron chi connectivity index (χ4n) is 2.76. The molecule has 0 amide bonds. The van der Waals surface area contributed by atoms with Gasteiger partial charge in [0, 0.05) is 32.2 Å². The molecule has 0 radical (unpaired) electrons. The second-order valence-corrected chi connectivity index (χ2v) is 5.92. The van der Waals surface area contributed by atoms with Crippen molar-refractivity contribution in [2.75, 3.05) is 12.4 Å². The van der Waals surface area contributed by atoms with Crippen LogP contribution in [0.2, 0.25) is 0 Å². The number of rotatable bonds is 6. The van der Waals surface area contributed by atoms with E-state index in [2.05, 4.69) is 37.6 Å². The Bertz CT molecular complexity index is 1020. The summed E-state index contributed by atoms with van der Waals surface area (Å²) in [5.41, 5.74) is 3.69. The predicted molar refractivity (Wildman–Crippen MR) is 102 cm³/mol. The highest BCUT2D eigenvalue weighted by molar-refractivity contribution is 5.63. The lowest BCUT2D eigenvalue weighted by Gasteiger charge is -2.11. The molecular formula is C19H19N7O. The number of aryl methyl sites for hydroxylation is 1. The smallest absolute Gasteiger partial charge is 0.223 e. The molecule has 3 aromatic heterocycles. The van der Waals surface area contributed by atoms with Gasteiger partial charge in [0.2, 0.25) is 5.95 Å². The van der Waals surface area contributed by atoms with E-state index in [1.54, 1.807) is 30.4 Å². The van der Waals surface area contributed by atoms with Gasteiger partial charge in [-0.1, -0.05) is 12.1 Å². The SMILES string of the molecule is COc1cnc(NCc2ccc(-n3cccn3)cc2)nc1-c1ccnn1C. The summed E-state index contributed by atoms with van der Waals surface area (Å²) in [7, 11) is 3.47. The Morgan fingerprint density at radius 2 is 1.93 bits per heavy atom. The summed E-state index contributed by atoms with van der Waals surface area (Å²) in [6, 6.07) is 11.9. The van der Waals surface area contributed by atoms with Crippen molar-refractivity contribution < 1.29 is 4.74 Å². The van der Waals surface area contributed by atoms with E-state index in [9.17, 15) is 0 Å².